The molecule has 144 valence electrons. The molecule has 0 aliphatic rings. The molecule has 0 aliphatic heterocycles. The molecule has 0 aliphatic carbocycles. The minimum Gasteiger partial charge on any atom is -0.390 e. The first-order valence-electron chi connectivity index (χ1n) is 9.13. The van der Waals surface area contributed by atoms with Crippen LogP contribution in [-0.4, -0.2) is 40.5 Å². The van der Waals surface area contributed by atoms with Gasteiger partial charge in [-0.1, -0.05) is 13.0 Å². The first-order valence-corrected chi connectivity index (χ1v) is 10.3. The first-order chi connectivity index (χ1) is 11.1. The monoisotopic (exact) mass is 377 g/mol. The maximum Gasteiger partial charge on any atom is 0.0643 e. The molecule has 0 bridgehead atoms. The van der Waals surface area contributed by atoms with Crippen LogP contribution >= 0.6 is 25.3 Å². The minimum atomic E-state index is -0.665. The molecule has 2 N–H and O–H groups in total. The first kappa shape index (κ1) is 24.2. The average molecular weight is 378 g/mol. The quantitative estimate of drug-likeness (QED) is 0.249. The number of hydrogen-bond acceptors (Lipinski definition) is 5. The van der Waals surface area contributed by atoms with Gasteiger partial charge in [0, 0.05) is 17.5 Å². The Bertz CT molecular complexity index is 341. The minimum absolute atomic E-state index is 0.190. The summed E-state index contributed by atoms with van der Waals surface area (Å²) in [6.45, 7) is 13.4. The summed E-state index contributed by atoms with van der Waals surface area (Å²) in [6, 6.07) is 0. The zero-order valence-corrected chi connectivity index (χ0v) is 17.9. The van der Waals surface area contributed by atoms with E-state index in [-0.39, 0.29) is 5.60 Å². The van der Waals surface area contributed by atoms with Crippen LogP contribution in [0, 0.1) is 0 Å². The van der Waals surface area contributed by atoms with Crippen molar-refractivity contribution in [1.82, 2.24) is 5.32 Å². The lowest BCUT2D eigenvalue weighted by molar-refractivity contribution is -0.0492. The third-order valence-electron chi connectivity index (χ3n) is 4.04. The molecule has 24 heavy (non-hydrogen) atoms. The fourth-order valence-corrected chi connectivity index (χ4v) is 3.12. The Morgan fingerprint density at radius 2 is 1.83 bits per heavy atom. The zero-order valence-electron chi connectivity index (χ0n) is 16.1. The van der Waals surface area contributed by atoms with Gasteiger partial charge in [-0.15, -0.1) is 0 Å². The Kier molecular flexibility index (Phi) is 12.6. The summed E-state index contributed by atoms with van der Waals surface area (Å²) in [5.74, 6) is 0.913. The third kappa shape index (κ3) is 15.7. The van der Waals surface area contributed by atoms with Crippen molar-refractivity contribution in [3.05, 3.63) is 12.3 Å². The van der Waals surface area contributed by atoms with Crippen LogP contribution in [0.15, 0.2) is 12.3 Å². The van der Waals surface area contributed by atoms with Gasteiger partial charge in [-0.3, -0.25) is 0 Å². The molecule has 0 heterocycles. The van der Waals surface area contributed by atoms with Crippen molar-refractivity contribution >= 4 is 25.3 Å². The van der Waals surface area contributed by atoms with E-state index in [1.807, 2.05) is 13.8 Å². The predicted molar refractivity (Wildman–Crippen MR) is 112 cm³/mol. The Morgan fingerprint density at radius 3 is 2.42 bits per heavy atom. The van der Waals surface area contributed by atoms with E-state index in [9.17, 15) is 5.11 Å². The van der Waals surface area contributed by atoms with Crippen LogP contribution in [0.1, 0.15) is 72.6 Å². The highest BCUT2D eigenvalue weighted by Crippen LogP contribution is 2.17. The second kappa shape index (κ2) is 12.5. The second-order valence-corrected chi connectivity index (χ2v) is 9.04. The predicted octanol–water partition coefficient (Wildman–Crippen LogP) is 4.61. The lowest BCUT2D eigenvalue weighted by Crippen LogP contribution is -2.32. The SMILES string of the molecule is C=C(CCCCC(S)CCS)NCCC(C)(C)OCCC(C)(C)O. The van der Waals surface area contributed by atoms with Gasteiger partial charge < -0.3 is 15.2 Å². The summed E-state index contributed by atoms with van der Waals surface area (Å²) in [5.41, 5.74) is 0.249. The maximum absolute atomic E-state index is 9.72. The van der Waals surface area contributed by atoms with Gasteiger partial charge in [0.25, 0.3) is 0 Å². The Labute approximate surface area is 160 Å². The van der Waals surface area contributed by atoms with Crippen molar-refractivity contribution < 1.29 is 9.84 Å². The average Bonchev–Trinajstić information content (AvgIpc) is 2.42. The van der Waals surface area contributed by atoms with Crippen LogP contribution in [0.5, 0.6) is 0 Å². The van der Waals surface area contributed by atoms with Crippen molar-refractivity contribution in [2.45, 2.75) is 89.1 Å². The molecule has 0 saturated carbocycles. The Hall–Kier alpha value is 0.160. The van der Waals surface area contributed by atoms with Crippen LogP contribution < -0.4 is 5.32 Å². The fraction of sp³-hybridized carbons (Fsp3) is 0.895. The van der Waals surface area contributed by atoms with Gasteiger partial charge in [-0.05, 0) is 72.0 Å². The van der Waals surface area contributed by atoms with Crippen molar-refractivity contribution in [3.8, 4) is 0 Å². The molecule has 5 heteroatoms. The van der Waals surface area contributed by atoms with Crippen LogP contribution in [0.2, 0.25) is 0 Å². The molecule has 0 saturated heterocycles. The van der Waals surface area contributed by atoms with Crippen molar-refractivity contribution in [1.29, 1.82) is 0 Å². The van der Waals surface area contributed by atoms with Gasteiger partial charge >= 0.3 is 0 Å². The Morgan fingerprint density at radius 1 is 1.17 bits per heavy atom. The largest absolute Gasteiger partial charge is 0.390 e. The van der Waals surface area contributed by atoms with E-state index in [0.29, 0.717) is 18.3 Å². The molecule has 3 nitrogen and oxygen atoms in total. The molecule has 0 fully saturated rings. The molecule has 0 aromatic carbocycles. The molecule has 0 aromatic heterocycles. The third-order valence-corrected chi connectivity index (χ3v) is 4.81. The van der Waals surface area contributed by atoms with Crippen molar-refractivity contribution in [3.63, 3.8) is 0 Å². The van der Waals surface area contributed by atoms with Gasteiger partial charge in [0.1, 0.15) is 0 Å². The highest BCUT2D eigenvalue weighted by molar-refractivity contribution is 7.81. The highest BCUT2D eigenvalue weighted by Gasteiger charge is 2.20. The summed E-state index contributed by atoms with van der Waals surface area (Å²) in [7, 11) is 0. The summed E-state index contributed by atoms with van der Waals surface area (Å²) in [6.07, 6.45) is 7.15. The number of rotatable bonds is 15. The molecule has 0 spiro atoms. The van der Waals surface area contributed by atoms with E-state index in [2.05, 4.69) is 51.0 Å². The van der Waals surface area contributed by atoms with Crippen LogP contribution in [0.25, 0.3) is 0 Å². The molecule has 0 amide bonds. The smallest absolute Gasteiger partial charge is 0.0643 e. The van der Waals surface area contributed by atoms with E-state index >= 15 is 0 Å². The molecular formula is C19H39NO2S2. The lowest BCUT2D eigenvalue weighted by atomic mass is 10.0. The number of hydrogen-bond donors (Lipinski definition) is 4. The topological polar surface area (TPSA) is 41.5 Å². The van der Waals surface area contributed by atoms with Crippen LogP contribution in [0.3, 0.4) is 0 Å². The molecule has 1 unspecified atom stereocenters. The Balaban J connectivity index is 3.71. The normalized spacial score (nSPS) is 13.8. The second-order valence-electron chi connectivity index (χ2n) is 7.86. The standard InChI is InChI=1S/C19H39NO2S2/c1-16(8-6-7-9-17(24)10-15-23)20-13-11-19(4,5)22-14-12-18(2,3)21/h17,20-21,23-24H,1,6-15H2,2-5H3. The number of aliphatic hydroxyl groups is 1. The number of thiol groups is 2. The van der Waals surface area contributed by atoms with Crippen molar-refractivity contribution in [2.24, 2.45) is 0 Å². The maximum atomic E-state index is 9.72. The molecule has 0 aromatic rings. The number of nitrogens with one attached hydrogen (secondary N) is 1. The van der Waals surface area contributed by atoms with Gasteiger partial charge in [0.15, 0.2) is 0 Å². The van der Waals surface area contributed by atoms with E-state index in [0.717, 1.165) is 50.1 Å². The number of ether oxygens (including phenoxy) is 1. The van der Waals surface area contributed by atoms with Gasteiger partial charge in [-0.25, -0.2) is 0 Å². The number of unbranched alkanes of at least 4 members (excludes halogenated alkanes) is 1. The summed E-state index contributed by atoms with van der Waals surface area (Å²) in [5, 5.41) is 13.6. The molecule has 0 radical (unpaired) electrons. The molecule has 0 rings (SSSR count). The summed E-state index contributed by atoms with van der Waals surface area (Å²) >= 11 is 8.79. The zero-order chi connectivity index (χ0) is 18.6. The summed E-state index contributed by atoms with van der Waals surface area (Å²) < 4.78 is 5.89. The molecule has 1 atom stereocenters. The lowest BCUT2D eigenvalue weighted by Gasteiger charge is -2.27. The van der Waals surface area contributed by atoms with Crippen LogP contribution in [-0.2, 0) is 4.74 Å². The highest BCUT2D eigenvalue weighted by atomic mass is 32.1. The fourth-order valence-electron chi connectivity index (χ4n) is 2.29. The van der Waals surface area contributed by atoms with E-state index in [1.54, 1.807) is 0 Å². The van der Waals surface area contributed by atoms with Gasteiger partial charge in [0.05, 0.1) is 17.8 Å². The van der Waals surface area contributed by atoms with Crippen LogP contribution in [0.4, 0.5) is 0 Å². The van der Waals surface area contributed by atoms with E-state index in [1.165, 1.54) is 6.42 Å². The number of allylic oxidation sites excluding steroid dienone is 1. The summed E-state index contributed by atoms with van der Waals surface area (Å²) in [4.78, 5) is 0. The van der Waals surface area contributed by atoms with Gasteiger partial charge in [-0.2, -0.15) is 25.3 Å². The van der Waals surface area contributed by atoms with E-state index < -0.39 is 5.60 Å². The van der Waals surface area contributed by atoms with E-state index in [4.69, 9.17) is 4.74 Å². The van der Waals surface area contributed by atoms with Gasteiger partial charge in [0.2, 0.25) is 0 Å². The molecular weight excluding hydrogens is 338 g/mol. The van der Waals surface area contributed by atoms with Crippen molar-refractivity contribution in [2.75, 3.05) is 18.9 Å².